The molecule has 0 radical (unpaired) electrons. The third kappa shape index (κ3) is 6.00. The second-order valence-corrected chi connectivity index (χ2v) is 7.03. The molecule has 0 saturated heterocycles. The topological polar surface area (TPSA) is 70.7 Å². The number of carbonyl (C=O) groups excluding carboxylic acids is 1. The number of hydrogen-bond acceptors (Lipinski definition) is 4. The second kappa shape index (κ2) is 9.47. The number of aromatic amines is 1. The Morgan fingerprint density at radius 2 is 2.04 bits per heavy atom. The average Bonchev–Trinajstić information content (AvgIpc) is 3.03. The van der Waals surface area contributed by atoms with Crippen LogP contribution in [0.25, 0.3) is 11.4 Å². The normalized spacial score (nSPS) is 12.1. The minimum Gasteiger partial charge on any atom is -0.353 e. The molecule has 0 unspecified atom stereocenters. The van der Waals surface area contributed by atoms with E-state index in [0.717, 1.165) is 24.2 Å². The lowest BCUT2D eigenvalue weighted by Crippen LogP contribution is -2.33. The standard InChI is InChI=1S/C18H26N4OS/c1-4-5-6-7-14(3)19-16(23)12-24-18-20-17(21-22-18)15-10-8-13(2)9-11-15/h8-11,14H,4-7,12H2,1-3H3,(H,19,23)(H,20,21,22)/t14-/m1/s1. The van der Waals surface area contributed by atoms with Crippen LogP contribution in [0.15, 0.2) is 29.4 Å². The van der Waals surface area contributed by atoms with Gasteiger partial charge in [0.05, 0.1) is 5.75 Å². The van der Waals surface area contributed by atoms with Gasteiger partial charge in [-0.05, 0) is 20.3 Å². The number of benzene rings is 1. The van der Waals surface area contributed by atoms with Crippen LogP contribution >= 0.6 is 11.8 Å². The van der Waals surface area contributed by atoms with E-state index in [1.807, 2.05) is 31.2 Å². The Labute approximate surface area is 148 Å². The first kappa shape index (κ1) is 18.5. The Kier molecular flexibility index (Phi) is 7.31. The van der Waals surface area contributed by atoms with Gasteiger partial charge in [-0.25, -0.2) is 4.98 Å². The number of H-pyrrole nitrogens is 1. The van der Waals surface area contributed by atoms with Crippen LogP contribution in [-0.4, -0.2) is 32.9 Å². The Bertz CT molecular complexity index is 639. The number of thioether (sulfide) groups is 1. The molecule has 0 saturated carbocycles. The van der Waals surface area contributed by atoms with Gasteiger partial charge in [-0.3, -0.25) is 9.89 Å². The van der Waals surface area contributed by atoms with E-state index in [1.54, 1.807) is 0 Å². The molecular formula is C18H26N4OS. The van der Waals surface area contributed by atoms with Crippen molar-refractivity contribution in [2.75, 3.05) is 5.75 Å². The van der Waals surface area contributed by atoms with E-state index in [1.165, 1.54) is 30.2 Å². The lowest BCUT2D eigenvalue weighted by molar-refractivity contribution is -0.119. The van der Waals surface area contributed by atoms with Gasteiger partial charge < -0.3 is 5.32 Å². The first-order valence-corrected chi connectivity index (χ1v) is 9.48. The number of unbranched alkanes of at least 4 members (excludes halogenated alkanes) is 2. The molecule has 130 valence electrons. The molecule has 0 aliphatic rings. The van der Waals surface area contributed by atoms with Crippen molar-refractivity contribution in [2.24, 2.45) is 0 Å². The fourth-order valence-electron chi connectivity index (χ4n) is 2.37. The van der Waals surface area contributed by atoms with Crippen molar-refractivity contribution in [2.45, 2.75) is 57.7 Å². The number of nitrogens with zero attached hydrogens (tertiary/aromatic N) is 2. The summed E-state index contributed by atoms with van der Waals surface area (Å²) in [4.78, 5) is 16.4. The molecule has 6 heteroatoms. The smallest absolute Gasteiger partial charge is 0.230 e. The number of hydrogen-bond donors (Lipinski definition) is 2. The SMILES string of the molecule is CCCCC[C@@H](C)NC(=O)CSc1n[nH]c(-c2ccc(C)cc2)n1. The molecule has 1 atom stereocenters. The van der Waals surface area contributed by atoms with Crippen LogP contribution in [0.2, 0.25) is 0 Å². The average molecular weight is 347 g/mol. The van der Waals surface area contributed by atoms with Crippen molar-refractivity contribution in [3.63, 3.8) is 0 Å². The molecule has 1 amide bonds. The minimum absolute atomic E-state index is 0.0330. The van der Waals surface area contributed by atoms with E-state index in [0.29, 0.717) is 10.9 Å². The Morgan fingerprint density at radius 1 is 1.29 bits per heavy atom. The van der Waals surface area contributed by atoms with Gasteiger partial charge in [-0.15, -0.1) is 5.10 Å². The number of amides is 1. The number of rotatable bonds is 9. The molecule has 24 heavy (non-hydrogen) atoms. The van der Waals surface area contributed by atoms with Crippen molar-refractivity contribution in [3.8, 4) is 11.4 Å². The molecule has 0 aliphatic heterocycles. The second-order valence-electron chi connectivity index (χ2n) is 6.09. The predicted molar refractivity (Wildman–Crippen MR) is 99.0 cm³/mol. The first-order chi connectivity index (χ1) is 11.6. The van der Waals surface area contributed by atoms with Crippen LogP contribution in [0.1, 0.15) is 45.1 Å². The van der Waals surface area contributed by atoms with Crippen LogP contribution < -0.4 is 5.32 Å². The summed E-state index contributed by atoms with van der Waals surface area (Å²) >= 11 is 1.35. The summed E-state index contributed by atoms with van der Waals surface area (Å²) in [6.07, 6.45) is 4.60. The molecule has 0 fully saturated rings. The minimum atomic E-state index is 0.0330. The van der Waals surface area contributed by atoms with Gasteiger partial charge in [0.2, 0.25) is 11.1 Å². The zero-order valence-electron chi connectivity index (χ0n) is 14.6. The number of aromatic nitrogens is 3. The van der Waals surface area contributed by atoms with Gasteiger partial charge in [0.15, 0.2) is 5.82 Å². The molecule has 2 aromatic rings. The molecule has 1 aromatic heterocycles. The third-order valence-electron chi connectivity index (χ3n) is 3.77. The van der Waals surface area contributed by atoms with Crippen molar-refractivity contribution >= 4 is 17.7 Å². The van der Waals surface area contributed by atoms with Gasteiger partial charge in [-0.1, -0.05) is 67.8 Å². The van der Waals surface area contributed by atoms with E-state index in [9.17, 15) is 4.79 Å². The summed E-state index contributed by atoms with van der Waals surface area (Å²) in [5.74, 6) is 1.10. The highest BCUT2D eigenvalue weighted by atomic mass is 32.2. The Morgan fingerprint density at radius 3 is 2.75 bits per heavy atom. The summed E-state index contributed by atoms with van der Waals surface area (Å²) in [6, 6.07) is 8.32. The molecule has 0 spiro atoms. The third-order valence-corrected chi connectivity index (χ3v) is 4.62. The van der Waals surface area contributed by atoms with E-state index in [4.69, 9.17) is 0 Å². The first-order valence-electron chi connectivity index (χ1n) is 8.50. The largest absolute Gasteiger partial charge is 0.353 e. The van der Waals surface area contributed by atoms with Crippen molar-refractivity contribution in [1.82, 2.24) is 20.5 Å². The molecule has 0 bridgehead atoms. The van der Waals surface area contributed by atoms with Gasteiger partial charge in [0.1, 0.15) is 0 Å². The molecule has 2 rings (SSSR count). The van der Waals surface area contributed by atoms with Crippen LogP contribution in [-0.2, 0) is 4.79 Å². The highest BCUT2D eigenvalue weighted by Crippen LogP contribution is 2.19. The highest BCUT2D eigenvalue weighted by Gasteiger charge is 2.11. The summed E-state index contributed by atoms with van der Waals surface area (Å²) in [5, 5.41) is 10.7. The predicted octanol–water partition coefficient (Wildman–Crippen LogP) is 3.96. The lowest BCUT2D eigenvalue weighted by atomic mass is 10.1. The maximum atomic E-state index is 12.0. The van der Waals surface area contributed by atoms with Crippen molar-refractivity contribution < 1.29 is 4.79 Å². The zero-order valence-corrected chi connectivity index (χ0v) is 15.4. The van der Waals surface area contributed by atoms with Gasteiger partial charge in [0.25, 0.3) is 0 Å². The van der Waals surface area contributed by atoms with E-state index in [-0.39, 0.29) is 11.9 Å². The summed E-state index contributed by atoms with van der Waals surface area (Å²) in [5.41, 5.74) is 2.20. The number of carbonyl (C=O) groups is 1. The quantitative estimate of drug-likeness (QED) is 0.532. The monoisotopic (exact) mass is 346 g/mol. The zero-order chi connectivity index (χ0) is 17.4. The summed E-state index contributed by atoms with van der Waals surface area (Å²) in [7, 11) is 0. The van der Waals surface area contributed by atoms with E-state index in [2.05, 4.69) is 34.3 Å². The van der Waals surface area contributed by atoms with Crippen LogP contribution in [0.4, 0.5) is 0 Å². The van der Waals surface area contributed by atoms with Gasteiger partial charge in [-0.2, -0.15) is 0 Å². The van der Waals surface area contributed by atoms with E-state index >= 15 is 0 Å². The Balaban J connectivity index is 1.78. The van der Waals surface area contributed by atoms with Crippen LogP contribution in [0, 0.1) is 6.92 Å². The Hall–Kier alpha value is -1.82. The summed E-state index contributed by atoms with van der Waals surface area (Å²) < 4.78 is 0. The van der Waals surface area contributed by atoms with Crippen LogP contribution in [0.5, 0.6) is 0 Å². The van der Waals surface area contributed by atoms with Crippen LogP contribution in [0.3, 0.4) is 0 Å². The van der Waals surface area contributed by atoms with Crippen molar-refractivity contribution in [1.29, 1.82) is 0 Å². The van der Waals surface area contributed by atoms with Gasteiger partial charge in [0, 0.05) is 11.6 Å². The molecule has 1 aromatic carbocycles. The van der Waals surface area contributed by atoms with Crippen molar-refractivity contribution in [3.05, 3.63) is 29.8 Å². The molecule has 2 N–H and O–H groups in total. The fraction of sp³-hybridized carbons (Fsp3) is 0.500. The molecule has 0 aliphatic carbocycles. The molecule has 5 nitrogen and oxygen atoms in total. The molecular weight excluding hydrogens is 320 g/mol. The number of nitrogens with one attached hydrogen (secondary N) is 2. The lowest BCUT2D eigenvalue weighted by Gasteiger charge is -2.12. The fourth-order valence-corrected chi connectivity index (χ4v) is 2.98. The molecule has 1 heterocycles. The highest BCUT2D eigenvalue weighted by molar-refractivity contribution is 7.99. The van der Waals surface area contributed by atoms with Gasteiger partial charge >= 0.3 is 0 Å². The maximum Gasteiger partial charge on any atom is 0.230 e. The summed E-state index contributed by atoms with van der Waals surface area (Å²) in [6.45, 7) is 6.29. The van der Waals surface area contributed by atoms with E-state index < -0.39 is 0 Å². The number of aryl methyl sites for hydroxylation is 1. The maximum absolute atomic E-state index is 12.0.